The first-order chi connectivity index (χ1) is 22.6. The molecule has 3 aliphatic heterocycles. The van der Waals surface area contributed by atoms with Gasteiger partial charge in [0.25, 0.3) is 0 Å². The molecule has 0 aromatic heterocycles. The highest BCUT2D eigenvalue weighted by atomic mass is 16.7. The maximum atomic E-state index is 11.9. The summed E-state index contributed by atoms with van der Waals surface area (Å²) in [5, 5.41) is 12.4. The fourth-order valence-electron chi connectivity index (χ4n) is 6.99. The molecule has 3 saturated heterocycles. The van der Waals surface area contributed by atoms with Crippen LogP contribution in [0.15, 0.2) is 85.5 Å². The summed E-state index contributed by atoms with van der Waals surface area (Å²) in [7, 11) is 0. The van der Waals surface area contributed by atoms with E-state index in [0.29, 0.717) is 12.6 Å². The molecule has 6 rings (SSSR count). The van der Waals surface area contributed by atoms with E-state index in [1.807, 2.05) is 24.3 Å². The molecule has 0 aliphatic carbocycles. The van der Waals surface area contributed by atoms with Crippen LogP contribution in [0.2, 0.25) is 0 Å². The topological polar surface area (TPSA) is 83.5 Å². The van der Waals surface area contributed by atoms with Crippen LogP contribution in [0.25, 0.3) is 11.1 Å². The van der Waals surface area contributed by atoms with Crippen molar-refractivity contribution in [3.63, 3.8) is 0 Å². The van der Waals surface area contributed by atoms with Gasteiger partial charge in [0.05, 0.1) is 18.8 Å². The minimum absolute atomic E-state index is 0.0248. The molecule has 1 amide bonds. The Morgan fingerprint density at radius 1 is 0.913 bits per heavy atom. The second kappa shape index (κ2) is 15.8. The van der Waals surface area contributed by atoms with Gasteiger partial charge in [0.1, 0.15) is 6.61 Å². The van der Waals surface area contributed by atoms with Gasteiger partial charge in [-0.25, -0.2) is 4.79 Å². The third-order valence-corrected chi connectivity index (χ3v) is 9.41. The molecular weight excluding hydrogens is 578 g/mol. The molecular formula is C38H47N3O5. The summed E-state index contributed by atoms with van der Waals surface area (Å²) in [5.41, 5.74) is 6.05. The first-order valence-electron chi connectivity index (χ1n) is 16.8. The van der Waals surface area contributed by atoms with Gasteiger partial charge in [-0.15, -0.1) is 0 Å². The minimum atomic E-state index is -0.509. The molecule has 0 bridgehead atoms. The summed E-state index contributed by atoms with van der Waals surface area (Å²) in [6, 6.07) is 25.2. The summed E-state index contributed by atoms with van der Waals surface area (Å²) in [6.07, 6.45) is 6.39. The van der Waals surface area contributed by atoms with Crippen LogP contribution in [-0.2, 0) is 27.4 Å². The zero-order valence-corrected chi connectivity index (χ0v) is 26.7. The normalized spacial score (nSPS) is 23.8. The lowest BCUT2D eigenvalue weighted by atomic mass is 9.98. The van der Waals surface area contributed by atoms with Crippen molar-refractivity contribution in [1.82, 2.24) is 15.1 Å². The number of alkyl carbamates (subject to hydrolysis) is 1. The number of carbonyl (C=O) groups excluding carboxylic acids is 1. The van der Waals surface area contributed by atoms with Gasteiger partial charge in [0, 0.05) is 37.7 Å². The van der Waals surface area contributed by atoms with Gasteiger partial charge in [-0.2, -0.15) is 0 Å². The van der Waals surface area contributed by atoms with E-state index in [-0.39, 0.29) is 25.4 Å². The Balaban J connectivity index is 1.19. The Labute approximate surface area is 273 Å². The molecule has 3 heterocycles. The predicted octanol–water partition coefficient (Wildman–Crippen LogP) is 6.36. The van der Waals surface area contributed by atoms with Crippen molar-refractivity contribution in [2.75, 3.05) is 39.3 Å². The van der Waals surface area contributed by atoms with E-state index in [2.05, 4.69) is 70.2 Å². The molecule has 3 fully saturated rings. The van der Waals surface area contributed by atoms with Crippen molar-refractivity contribution < 1.29 is 24.1 Å². The number of ether oxygens (including phenoxy) is 3. The molecule has 3 aromatic carbocycles. The summed E-state index contributed by atoms with van der Waals surface area (Å²) in [4.78, 5) is 17.2. The zero-order chi connectivity index (χ0) is 31.7. The van der Waals surface area contributed by atoms with Gasteiger partial charge in [0.15, 0.2) is 6.29 Å². The van der Waals surface area contributed by atoms with E-state index in [9.17, 15) is 9.90 Å². The fraction of sp³-hybridized carbons (Fsp3) is 0.447. The molecule has 3 aromatic rings. The number of benzene rings is 3. The predicted molar refractivity (Wildman–Crippen MR) is 179 cm³/mol. The van der Waals surface area contributed by atoms with Crippen molar-refractivity contribution in [2.45, 2.75) is 69.8 Å². The number of aliphatic hydroxyl groups excluding tert-OH is 1. The van der Waals surface area contributed by atoms with Crippen molar-refractivity contribution >= 4 is 6.09 Å². The molecule has 4 unspecified atom stereocenters. The maximum Gasteiger partial charge on any atom is 0.407 e. The second-order valence-electron chi connectivity index (χ2n) is 12.7. The summed E-state index contributed by atoms with van der Waals surface area (Å²) in [6.45, 7) is 9.77. The number of aliphatic hydroxyl groups is 1. The van der Waals surface area contributed by atoms with Crippen molar-refractivity contribution in [2.24, 2.45) is 0 Å². The van der Waals surface area contributed by atoms with Gasteiger partial charge in [-0.3, -0.25) is 4.90 Å². The summed E-state index contributed by atoms with van der Waals surface area (Å²) < 4.78 is 18.5. The number of nitrogens with one attached hydrogen (secondary N) is 1. The molecule has 8 heteroatoms. The molecule has 0 radical (unpaired) electrons. The van der Waals surface area contributed by atoms with Crippen LogP contribution in [0.3, 0.4) is 0 Å². The van der Waals surface area contributed by atoms with Crippen LogP contribution < -0.4 is 5.32 Å². The molecule has 8 nitrogen and oxygen atoms in total. The van der Waals surface area contributed by atoms with Crippen LogP contribution in [-0.4, -0.2) is 72.5 Å². The number of rotatable bonds is 12. The van der Waals surface area contributed by atoms with Crippen LogP contribution >= 0.6 is 0 Å². The Hall–Kier alpha value is -3.53. The largest absolute Gasteiger partial charge is 0.445 e. The molecule has 0 saturated carbocycles. The Morgan fingerprint density at radius 3 is 2.48 bits per heavy atom. The number of hydrogen-bond acceptors (Lipinski definition) is 7. The van der Waals surface area contributed by atoms with Crippen LogP contribution in [0.1, 0.15) is 66.8 Å². The monoisotopic (exact) mass is 625 g/mol. The van der Waals surface area contributed by atoms with Gasteiger partial charge in [0.2, 0.25) is 0 Å². The molecule has 2 N–H and O–H groups in total. The quantitative estimate of drug-likeness (QED) is 0.227. The molecule has 46 heavy (non-hydrogen) atoms. The molecule has 4 atom stereocenters. The number of amides is 1. The van der Waals surface area contributed by atoms with Gasteiger partial charge in [-0.05, 0) is 85.3 Å². The van der Waals surface area contributed by atoms with E-state index >= 15 is 0 Å². The summed E-state index contributed by atoms with van der Waals surface area (Å²) >= 11 is 0. The maximum absolute atomic E-state index is 11.9. The number of nitrogens with zero attached hydrogens (tertiary/aromatic N) is 2. The van der Waals surface area contributed by atoms with Crippen LogP contribution in [0.4, 0.5) is 4.79 Å². The second-order valence-corrected chi connectivity index (χ2v) is 12.7. The molecule has 0 spiro atoms. The highest BCUT2D eigenvalue weighted by Gasteiger charge is 2.36. The lowest BCUT2D eigenvalue weighted by Gasteiger charge is -2.39. The van der Waals surface area contributed by atoms with E-state index in [4.69, 9.17) is 14.2 Å². The lowest BCUT2D eigenvalue weighted by Crippen LogP contribution is -2.45. The van der Waals surface area contributed by atoms with E-state index in [1.54, 1.807) is 6.08 Å². The van der Waals surface area contributed by atoms with Crippen molar-refractivity contribution in [3.05, 3.63) is 108 Å². The third kappa shape index (κ3) is 8.43. The van der Waals surface area contributed by atoms with Gasteiger partial charge in [-0.1, -0.05) is 73.3 Å². The van der Waals surface area contributed by atoms with E-state index in [1.165, 1.54) is 38.8 Å². The highest BCUT2D eigenvalue weighted by molar-refractivity contribution is 5.68. The fourth-order valence-corrected chi connectivity index (χ4v) is 6.99. The number of hydrogen-bond donors (Lipinski definition) is 2. The standard InChI is InChI=1S/C38H47N3O5/c1-2-20-44-38(43)39-24-29-8-5-9-31(21-29)32-10-6-11-33(22-32)37-45-35(23-36(46-37)30-15-13-28(27-42)14-16-30)26-41-19-7-12-34(41)25-40-17-3-4-18-40/h2,5-6,8-11,13-16,21-22,34-37,42H,1,3-4,7,12,17-20,23-27H2,(H,39,43). The minimum Gasteiger partial charge on any atom is -0.445 e. The van der Waals surface area contributed by atoms with Crippen LogP contribution in [0, 0.1) is 0 Å². The molecule has 3 aliphatic rings. The van der Waals surface area contributed by atoms with Gasteiger partial charge < -0.3 is 29.5 Å². The smallest absolute Gasteiger partial charge is 0.407 e. The lowest BCUT2D eigenvalue weighted by molar-refractivity contribution is -0.253. The van der Waals surface area contributed by atoms with Crippen molar-refractivity contribution in [1.29, 1.82) is 0 Å². The number of carbonyl (C=O) groups is 1. The first kappa shape index (κ1) is 32.4. The van der Waals surface area contributed by atoms with Crippen LogP contribution in [0.5, 0.6) is 0 Å². The third-order valence-electron chi connectivity index (χ3n) is 9.41. The van der Waals surface area contributed by atoms with Crippen molar-refractivity contribution in [3.8, 4) is 11.1 Å². The Kier molecular flexibility index (Phi) is 11.2. The Morgan fingerprint density at radius 2 is 1.70 bits per heavy atom. The highest BCUT2D eigenvalue weighted by Crippen LogP contribution is 2.39. The van der Waals surface area contributed by atoms with Gasteiger partial charge >= 0.3 is 6.09 Å². The first-order valence-corrected chi connectivity index (χ1v) is 16.8. The van der Waals surface area contributed by atoms with E-state index < -0.39 is 12.4 Å². The number of likely N-dealkylation sites (tertiary alicyclic amines) is 2. The van der Waals surface area contributed by atoms with E-state index in [0.717, 1.165) is 59.4 Å². The molecule has 244 valence electrons. The average Bonchev–Trinajstić information content (AvgIpc) is 3.79. The Bertz CT molecular complexity index is 1440. The summed E-state index contributed by atoms with van der Waals surface area (Å²) in [5.74, 6) is 0. The zero-order valence-electron chi connectivity index (χ0n) is 26.7. The SMILES string of the molecule is C=CCOC(=O)NCc1cccc(-c2cccc(C3OC(CN4CCCC4CN4CCCC4)CC(c4ccc(CO)cc4)O3)c2)c1. The average molecular weight is 626 g/mol.